The summed E-state index contributed by atoms with van der Waals surface area (Å²) in [4.78, 5) is 14.2. The molecule has 3 nitrogen and oxygen atoms in total. The lowest BCUT2D eigenvalue weighted by Gasteiger charge is -2.25. The quantitative estimate of drug-likeness (QED) is 0.760. The lowest BCUT2D eigenvalue weighted by Crippen LogP contribution is -2.32. The number of amides is 1. The van der Waals surface area contributed by atoms with E-state index in [0.717, 1.165) is 18.8 Å². The van der Waals surface area contributed by atoms with Gasteiger partial charge in [-0.2, -0.15) is 0 Å². The van der Waals surface area contributed by atoms with Gasteiger partial charge in [-0.05, 0) is 43.4 Å². The van der Waals surface area contributed by atoms with Crippen molar-refractivity contribution in [1.29, 1.82) is 0 Å². The maximum atomic E-state index is 12.3. The van der Waals surface area contributed by atoms with Crippen LogP contribution in [-0.2, 0) is 4.79 Å². The largest absolute Gasteiger partial charge is 0.497 e. The zero-order chi connectivity index (χ0) is 15.1. The summed E-state index contributed by atoms with van der Waals surface area (Å²) in [6, 6.07) is 8.07. The van der Waals surface area contributed by atoms with Crippen LogP contribution < -0.4 is 4.74 Å². The smallest absolute Gasteiger partial charge is 0.223 e. The fraction of sp³-hybridized carbons (Fsp3) is 0.588. The summed E-state index contributed by atoms with van der Waals surface area (Å²) < 4.78 is 5.19. The van der Waals surface area contributed by atoms with Crippen molar-refractivity contribution in [3.63, 3.8) is 0 Å². The fourth-order valence-corrected chi connectivity index (χ4v) is 2.48. The minimum absolute atomic E-state index is 0.240. The summed E-state index contributed by atoms with van der Waals surface area (Å²) >= 11 is 0. The standard InChI is InChI=1S/C17H27NO2/c1-6-18(7-2)17(19)12-16(13(3)4)14-8-10-15(20-5)11-9-14/h8-11,13,16H,6-7,12H2,1-5H3/t16-/m1/s1. The van der Waals surface area contributed by atoms with Crippen LogP contribution in [0.2, 0.25) is 0 Å². The fourth-order valence-electron chi connectivity index (χ4n) is 2.48. The molecule has 1 atom stereocenters. The molecule has 0 saturated heterocycles. The third-order valence-electron chi connectivity index (χ3n) is 3.86. The molecule has 0 bridgehead atoms. The topological polar surface area (TPSA) is 29.5 Å². The SMILES string of the molecule is CCN(CC)C(=O)C[C@@H](c1ccc(OC)cc1)C(C)C. The Labute approximate surface area is 122 Å². The first kappa shape index (κ1) is 16.5. The van der Waals surface area contributed by atoms with Crippen LogP contribution in [0.5, 0.6) is 5.75 Å². The number of methoxy groups -OCH3 is 1. The van der Waals surface area contributed by atoms with Crippen molar-refractivity contribution in [1.82, 2.24) is 4.90 Å². The van der Waals surface area contributed by atoms with Gasteiger partial charge in [0.2, 0.25) is 5.91 Å². The first-order valence-electron chi connectivity index (χ1n) is 7.45. The van der Waals surface area contributed by atoms with Crippen molar-refractivity contribution in [3.05, 3.63) is 29.8 Å². The molecular weight excluding hydrogens is 250 g/mol. The highest BCUT2D eigenvalue weighted by Crippen LogP contribution is 2.29. The molecule has 0 heterocycles. The third-order valence-corrected chi connectivity index (χ3v) is 3.86. The average Bonchev–Trinajstić information content (AvgIpc) is 2.46. The highest BCUT2D eigenvalue weighted by atomic mass is 16.5. The van der Waals surface area contributed by atoms with Gasteiger partial charge in [0.05, 0.1) is 7.11 Å². The van der Waals surface area contributed by atoms with Crippen LogP contribution in [-0.4, -0.2) is 31.0 Å². The van der Waals surface area contributed by atoms with Crippen molar-refractivity contribution in [2.75, 3.05) is 20.2 Å². The third kappa shape index (κ3) is 4.26. The number of nitrogens with zero attached hydrogens (tertiary/aromatic N) is 1. The predicted octanol–water partition coefficient (Wildman–Crippen LogP) is 3.69. The first-order valence-corrected chi connectivity index (χ1v) is 7.45. The highest BCUT2D eigenvalue weighted by Gasteiger charge is 2.21. The Hall–Kier alpha value is -1.51. The number of benzene rings is 1. The molecular formula is C17H27NO2. The molecule has 0 radical (unpaired) electrons. The van der Waals surface area contributed by atoms with Gasteiger partial charge < -0.3 is 9.64 Å². The molecule has 20 heavy (non-hydrogen) atoms. The summed E-state index contributed by atoms with van der Waals surface area (Å²) in [6.07, 6.45) is 0.575. The maximum Gasteiger partial charge on any atom is 0.223 e. The maximum absolute atomic E-state index is 12.3. The molecule has 0 aliphatic heterocycles. The molecule has 0 aromatic heterocycles. The zero-order valence-corrected chi connectivity index (χ0v) is 13.3. The lowest BCUT2D eigenvalue weighted by molar-refractivity contribution is -0.131. The van der Waals surface area contributed by atoms with E-state index in [2.05, 4.69) is 26.0 Å². The number of rotatable bonds is 7. The minimum atomic E-state index is 0.240. The Morgan fingerprint density at radius 2 is 1.70 bits per heavy atom. The second kappa shape index (κ2) is 7.93. The minimum Gasteiger partial charge on any atom is -0.497 e. The van der Waals surface area contributed by atoms with E-state index >= 15 is 0 Å². The zero-order valence-electron chi connectivity index (χ0n) is 13.3. The molecule has 0 aliphatic carbocycles. The molecule has 3 heteroatoms. The number of hydrogen-bond acceptors (Lipinski definition) is 2. The highest BCUT2D eigenvalue weighted by molar-refractivity contribution is 5.77. The number of carbonyl (C=O) groups is 1. The monoisotopic (exact) mass is 277 g/mol. The van der Waals surface area contributed by atoms with Crippen molar-refractivity contribution in [2.45, 2.75) is 40.0 Å². The number of carbonyl (C=O) groups excluding carboxylic acids is 1. The molecule has 1 aromatic rings. The number of hydrogen-bond donors (Lipinski definition) is 0. The van der Waals surface area contributed by atoms with Gasteiger partial charge in [-0.15, -0.1) is 0 Å². The van der Waals surface area contributed by atoms with Gasteiger partial charge in [-0.25, -0.2) is 0 Å². The van der Waals surface area contributed by atoms with Crippen molar-refractivity contribution in [3.8, 4) is 5.75 Å². The number of ether oxygens (including phenoxy) is 1. The van der Waals surface area contributed by atoms with E-state index in [9.17, 15) is 4.79 Å². The summed E-state index contributed by atoms with van der Waals surface area (Å²) in [5.74, 6) is 1.78. The Morgan fingerprint density at radius 3 is 2.10 bits per heavy atom. The van der Waals surface area contributed by atoms with E-state index < -0.39 is 0 Å². The molecule has 1 amide bonds. The lowest BCUT2D eigenvalue weighted by atomic mass is 9.85. The van der Waals surface area contributed by atoms with Crippen molar-refractivity contribution < 1.29 is 9.53 Å². The second-order valence-electron chi connectivity index (χ2n) is 5.39. The van der Waals surface area contributed by atoms with Gasteiger partial charge in [-0.1, -0.05) is 26.0 Å². The van der Waals surface area contributed by atoms with Crippen LogP contribution in [0, 0.1) is 5.92 Å². The molecule has 0 spiro atoms. The molecule has 0 unspecified atom stereocenters. The molecule has 1 aromatic carbocycles. The van der Waals surface area contributed by atoms with Crippen LogP contribution >= 0.6 is 0 Å². The summed E-state index contributed by atoms with van der Waals surface area (Å²) in [7, 11) is 1.67. The van der Waals surface area contributed by atoms with Gasteiger partial charge in [0.15, 0.2) is 0 Å². The summed E-state index contributed by atoms with van der Waals surface area (Å²) in [5, 5.41) is 0. The normalized spacial score (nSPS) is 12.3. The Kier molecular flexibility index (Phi) is 6.56. The Bertz CT molecular complexity index is 408. The van der Waals surface area contributed by atoms with Crippen LogP contribution in [0.4, 0.5) is 0 Å². The van der Waals surface area contributed by atoms with E-state index in [4.69, 9.17) is 4.74 Å². The molecule has 1 rings (SSSR count). The van der Waals surface area contributed by atoms with Crippen LogP contribution in [0.25, 0.3) is 0 Å². The van der Waals surface area contributed by atoms with Gasteiger partial charge in [-0.3, -0.25) is 4.79 Å². The Balaban J connectivity index is 2.85. The van der Waals surface area contributed by atoms with Gasteiger partial charge >= 0.3 is 0 Å². The summed E-state index contributed by atoms with van der Waals surface area (Å²) in [6.45, 7) is 9.96. The van der Waals surface area contributed by atoms with Gasteiger partial charge in [0.1, 0.15) is 5.75 Å². The summed E-state index contributed by atoms with van der Waals surface area (Å²) in [5.41, 5.74) is 1.21. The first-order chi connectivity index (χ1) is 9.53. The second-order valence-corrected chi connectivity index (χ2v) is 5.39. The molecule has 112 valence electrons. The van der Waals surface area contributed by atoms with E-state index in [1.54, 1.807) is 7.11 Å². The Morgan fingerprint density at radius 1 is 1.15 bits per heavy atom. The van der Waals surface area contributed by atoms with Crippen LogP contribution in [0.3, 0.4) is 0 Å². The van der Waals surface area contributed by atoms with Gasteiger partial charge in [0, 0.05) is 19.5 Å². The predicted molar refractivity (Wildman–Crippen MR) is 83.1 cm³/mol. The van der Waals surface area contributed by atoms with E-state index in [0.29, 0.717) is 12.3 Å². The van der Waals surface area contributed by atoms with Gasteiger partial charge in [0.25, 0.3) is 0 Å². The van der Waals surface area contributed by atoms with E-state index in [-0.39, 0.29) is 11.8 Å². The molecule has 0 N–H and O–H groups in total. The molecule has 0 fully saturated rings. The van der Waals surface area contributed by atoms with E-state index in [1.807, 2.05) is 30.9 Å². The molecule has 0 saturated carbocycles. The average molecular weight is 277 g/mol. The molecule has 0 aliphatic rings. The van der Waals surface area contributed by atoms with Crippen molar-refractivity contribution >= 4 is 5.91 Å². The van der Waals surface area contributed by atoms with Crippen LogP contribution in [0.15, 0.2) is 24.3 Å². The van der Waals surface area contributed by atoms with Crippen molar-refractivity contribution in [2.24, 2.45) is 5.92 Å². The van der Waals surface area contributed by atoms with Crippen LogP contribution in [0.1, 0.15) is 45.6 Å². The van der Waals surface area contributed by atoms with E-state index in [1.165, 1.54) is 5.56 Å².